The first kappa shape index (κ1) is 9.13. The van der Waals surface area contributed by atoms with Gasteiger partial charge in [-0.2, -0.15) is 0 Å². The Hall–Kier alpha value is -1.44. The summed E-state index contributed by atoms with van der Waals surface area (Å²) in [6, 6.07) is 5.99. The van der Waals surface area contributed by atoms with Gasteiger partial charge in [0.2, 0.25) is 5.79 Å². The number of benzene rings is 1. The number of fused-ring (bicyclic) bond motifs is 1. The lowest BCUT2D eigenvalue weighted by Gasteiger charge is -2.16. The molecule has 0 bridgehead atoms. The SMILES string of the molecule is C=CCc1ccc2c(c1)OC(C)(C)O2. The van der Waals surface area contributed by atoms with Crippen molar-refractivity contribution in [2.24, 2.45) is 0 Å². The maximum absolute atomic E-state index is 5.62. The zero-order chi connectivity index (χ0) is 10.2. The summed E-state index contributed by atoms with van der Waals surface area (Å²) in [6.45, 7) is 7.51. The second-order valence-corrected chi connectivity index (χ2v) is 3.88. The van der Waals surface area contributed by atoms with E-state index in [1.54, 1.807) is 0 Å². The van der Waals surface area contributed by atoms with E-state index in [1.807, 2.05) is 38.1 Å². The number of ether oxygens (including phenoxy) is 2. The van der Waals surface area contributed by atoms with Gasteiger partial charge in [-0.1, -0.05) is 12.1 Å². The van der Waals surface area contributed by atoms with Gasteiger partial charge >= 0.3 is 0 Å². The lowest BCUT2D eigenvalue weighted by Crippen LogP contribution is -2.29. The largest absolute Gasteiger partial charge is 0.449 e. The van der Waals surface area contributed by atoms with E-state index in [-0.39, 0.29) is 0 Å². The Morgan fingerprint density at radius 3 is 2.71 bits per heavy atom. The fourth-order valence-corrected chi connectivity index (χ4v) is 1.56. The number of hydrogen-bond donors (Lipinski definition) is 0. The van der Waals surface area contributed by atoms with Gasteiger partial charge in [-0.3, -0.25) is 0 Å². The van der Waals surface area contributed by atoms with Crippen LogP contribution in [0.25, 0.3) is 0 Å². The zero-order valence-electron chi connectivity index (χ0n) is 8.54. The van der Waals surface area contributed by atoms with Gasteiger partial charge in [-0.15, -0.1) is 6.58 Å². The molecule has 14 heavy (non-hydrogen) atoms. The molecule has 0 amide bonds. The molecular formula is C12H14O2. The standard InChI is InChI=1S/C12H14O2/c1-4-5-9-6-7-10-11(8-9)14-12(2,3)13-10/h4,6-8H,1,5H2,2-3H3. The molecule has 0 unspecified atom stereocenters. The highest BCUT2D eigenvalue weighted by Gasteiger charge is 2.31. The van der Waals surface area contributed by atoms with E-state index in [9.17, 15) is 0 Å². The predicted molar refractivity (Wildman–Crippen MR) is 55.7 cm³/mol. The van der Waals surface area contributed by atoms with Gasteiger partial charge in [-0.25, -0.2) is 0 Å². The molecule has 2 nitrogen and oxygen atoms in total. The molecule has 0 fully saturated rings. The summed E-state index contributed by atoms with van der Waals surface area (Å²) in [5.41, 5.74) is 1.19. The average molecular weight is 190 g/mol. The van der Waals surface area contributed by atoms with Crippen molar-refractivity contribution in [3.05, 3.63) is 36.4 Å². The van der Waals surface area contributed by atoms with Crippen LogP contribution in [0.15, 0.2) is 30.9 Å². The number of hydrogen-bond acceptors (Lipinski definition) is 2. The molecule has 1 aromatic rings. The third kappa shape index (κ3) is 1.60. The Morgan fingerprint density at radius 2 is 2.00 bits per heavy atom. The summed E-state index contributed by atoms with van der Waals surface area (Å²) in [7, 11) is 0. The van der Waals surface area contributed by atoms with Gasteiger partial charge in [-0.05, 0) is 24.1 Å². The molecule has 0 saturated carbocycles. The summed E-state index contributed by atoms with van der Waals surface area (Å²) >= 11 is 0. The minimum atomic E-state index is -0.533. The van der Waals surface area contributed by atoms with Crippen LogP contribution in [0.5, 0.6) is 11.5 Å². The highest BCUT2D eigenvalue weighted by Crippen LogP contribution is 2.39. The molecule has 1 aliphatic heterocycles. The zero-order valence-corrected chi connectivity index (χ0v) is 8.54. The van der Waals surface area contributed by atoms with Crippen LogP contribution in [0.2, 0.25) is 0 Å². The Labute approximate surface area is 84.2 Å². The van der Waals surface area contributed by atoms with Crippen LogP contribution in [0.4, 0.5) is 0 Å². The van der Waals surface area contributed by atoms with Crippen LogP contribution in [0, 0.1) is 0 Å². The lowest BCUT2D eigenvalue weighted by molar-refractivity contribution is -0.0431. The molecular weight excluding hydrogens is 176 g/mol. The van der Waals surface area contributed by atoms with Crippen LogP contribution >= 0.6 is 0 Å². The monoisotopic (exact) mass is 190 g/mol. The van der Waals surface area contributed by atoms with Crippen molar-refractivity contribution < 1.29 is 9.47 Å². The molecule has 0 aromatic heterocycles. The lowest BCUT2D eigenvalue weighted by atomic mass is 10.1. The van der Waals surface area contributed by atoms with Crippen molar-refractivity contribution >= 4 is 0 Å². The van der Waals surface area contributed by atoms with E-state index in [1.165, 1.54) is 5.56 Å². The Balaban J connectivity index is 2.30. The van der Waals surface area contributed by atoms with Crippen LogP contribution in [-0.4, -0.2) is 5.79 Å². The summed E-state index contributed by atoms with van der Waals surface area (Å²) in [5, 5.41) is 0. The van der Waals surface area contributed by atoms with Crippen molar-refractivity contribution in [2.45, 2.75) is 26.1 Å². The van der Waals surface area contributed by atoms with Gasteiger partial charge in [0.05, 0.1) is 0 Å². The van der Waals surface area contributed by atoms with E-state index in [2.05, 4.69) is 6.58 Å². The summed E-state index contributed by atoms with van der Waals surface area (Å²) in [4.78, 5) is 0. The van der Waals surface area contributed by atoms with Crippen molar-refractivity contribution in [2.75, 3.05) is 0 Å². The van der Waals surface area contributed by atoms with E-state index in [4.69, 9.17) is 9.47 Å². The Bertz CT molecular complexity index is 367. The third-order valence-electron chi connectivity index (χ3n) is 2.10. The fraction of sp³-hybridized carbons (Fsp3) is 0.333. The Morgan fingerprint density at radius 1 is 1.29 bits per heavy atom. The van der Waals surface area contributed by atoms with Crippen molar-refractivity contribution in [1.82, 2.24) is 0 Å². The van der Waals surface area contributed by atoms with Crippen LogP contribution in [0.1, 0.15) is 19.4 Å². The molecule has 2 heteroatoms. The first-order chi connectivity index (χ1) is 6.61. The normalized spacial score (nSPS) is 16.7. The van der Waals surface area contributed by atoms with E-state index >= 15 is 0 Å². The highest BCUT2D eigenvalue weighted by molar-refractivity contribution is 5.46. The van der Waals surface area contributed by atoms with Crippen molar-refractivity contribution in [3.63, 3.8) is 0 Å². The highest BCUT2D eigenvalue weighted by atomic mass is 16.7. The molecule has 0 aliphatic carbocycles. The van der Waals surface area contributed by atoms with Gasteiger partial charge in [0, 0.05) is 13.8 Å². The first-order valence-corrected chi connectivity index (χ1v) is 4.72. The fourth-order valence-electron chi connectivity index (χ4n) is 1.56. The summed E-state index contributed by atoms with van der Waals surface area (Å²) < 4.78 is 11.2. The molecule has 1 aromatic carbocycles. The van der Waals surface area contributed by atoms with E-state index < -0.39 is 5.79 Å². The molecule has 1 heterocycles. The van der Waals surface area contributed by atoms with Gasteiger partial charge in [0.1, 0.15) is 0 Å². The first-order valence-electron chi connectivity index (χ1n) is 4.72. The second-order valence-electron chi connectivity index (χ2n) is 3.88. The van der Waals surface area contributed by atoms with Gasteiger partial charge < -0.3 is 9.47 Å². The third-order valence-corrected chi connectivity index (χ3v) is 2.10. The molecule has 1 aliphatic rings. The summed E-state index contributed by atoms with van der Waals surface area (Å²) in [6.07, 6.45) is 2.74. The van der Waals surface area contributed by atoms with Crippen molar-refractivity contribution in [1.29, 1.82) is 0 Å². The smallest absolute Gasteiger partial charge is 0.246 e. The van der Waals surface area contributed by atoms with Crippen LogP contribution < -0.4 is 9.47 Å². The summed E-state index contributed by atoms with van der Waals surface area (Å²) in [5.74, 6) is 1.12. The maximum Gasteiger partial charge on any atom is 0.246 e. The maximum atomic E-state index is 5.62. The molecule has 0 atom stereocenters. The minimum Gasteiger partial charge on any atom is -0.449 e. The van der Waals surface area contributed by atoms with Crippen molar-refractivity contribution in [3.8, 4) is 11.5 Å². The molecule has 0 spiro atoms. The molecule has 0 saturated heterocycles. The quantitative estimate of drug-likeness (QED) is 0.667. The van der Waals surface area contributed by atoms with Crippen LogP contribution in [-0.2, 0) is 6.42 Å². The minimum absolute atomic E-state index is 0.533. The molecule has 0 N–H and O–H groups in total. The Kier molecular flexibility index (Phi) is 1.99. The topological polar surface area (TPSA) is 18.5 Å². The number of allylic oxidation sites excluding steroid dienone is 1. The van der Waals surface area contributed by atoms with Gasteiger partial charge in [0.25, 0.3) is 0 Å². The second kappa shape index (κ2) is 3.05. The predicted octanol–water partition coefficient (Wildman–Crippen LogP) is 2.92. The van der Waals surface area contributed by atoms with Crippen LogP contribution in [0.3, 0.4) is 0 Å². The number of rotatable bonds is 2. The molecule has 74 valence electrons. The average Bonchev–Trinajstić information content (AvgIpc) is 2.38. The molecule has 2 rings (SSSR count). The van der Waals surface area contributed by atoms with Gasteiger partial charge in [0.15, 0.2) is 11.5 Å². The molecule has 0 radical (unpaired) electrons. The van der Waals surface area contributed by atoms with E-state index in [0.29, 0.717) is 0 Å². The van der Waals surface area contributed by atoms with E-state index in [0.717, 1.165) is 17.9 Å².